The molecule has 1 heterocycles. The quantitative estimate of drug-likeness (QED) is 0.811. The van der Waals surface area contributed by atoms with Crippen molar-refractivity contribution in [1.82, 2.24) is 4.90 Å². The zero-order chi connectivity index (χ0) is 13.0. The molecule has 0 unspecified atom stereocenters. The molecule has 0 aromatic heterocycles. The number of rotatable bonds is 3. The van der Waals surface area contributed by atoms with Crippen LogP contribution in [0.15, 0.2) is 24.3 Å². The van der Waals surface area contributed by atoms with Gasteiger partial charge < -0.3 is 9.64 Å². The molecule has 1 amide bonds. The molecule has 1 atom stereocenters. The lowest BCUT2D eigenvalue weighted by Crippen LogP contribution is -2.29. The van der Waals surface area contributed by atoms with E-state index < -0.39 is 0 Å². The zero-order valence-electron chi connectivity index (χ0n) is 10.4. The Morgan fingerprint density at radius 3 is 2.78 bits per heavy atom. The Morgan fingerprint density at radius 2 is 2.22 bits per heavy atom. The van der Waals surface area contributed by atoms with Gasteiger partial charge in [0, 0.05) is 25.8 Å². The van der Waals surface area contributed by atoms with Crippen LogP contribution in [0.1, 0.15) is 22.3 Å². The summed E-state index contributed by atoms with van der Waals surface area (Å²) >= 11 is 0. The smallest absolute Gasteiger partial charge is 0.253 e. The first kappa shape index (κ1) is 12.6. The third-order valence-electron chi connectivity index (χ3n) is 3.25. The van der Waals surface area contributed by atoms with E-state index in [1.807, 2.05) is 17.0 Å². The average molecular weight is 244 g/mol. The number of carbonyl (C=O) groups is 1. The summed E-state index contributed by atoms with van der Waals surface area (Å²) in [7, 11) is 1.68. The second-order valence-corrected chi connectivity index (χ2v) is 4.43. The molecular formula is C14H16N2O2. The van der Waals surface area contributed by atoms with Gasteiger partial charge in [0.25, 0.3) is 5.91 Å². The number of ether oxygens (including phenoxy) is 1. The number of carbonyl (C=O) groups excluding carboxylic acids is 1. The van der Waals surface area contributed by atoms with Crippen molar-refractivity contribution in [3.63, 3.8) is 0 Å². The van der Waals surface area contributed by atoms with Gasteiger partial charge in [-0.2, -0.15) is 5.26 Å². The maximum absolute atomic E-state index is 12.2. The molecule has 1 saturated heterocycles. The molecule has 0 spiro atoms. The molecule has 1 aliphatic heterocycles. The second-order valence-electron chi connectivity index (χ2n) is 4.43. The average Bonchev–Trinajstić information content (AvgIpc) is 2.88. The summed E-state index contributed by atoms with van der Waals surface area (Å²) in [4.78, 5) is 14.0. The summed E-state index contributed by atoms with van der Waals surface area (Å²) in [6.45, 7) is 1.41. The monoisotopic (exact) mass is 244 g/mol. The summed E-state index contributed by atoms with van der Waals surface area (Å²) in [5.74, 6) is 0.0399. The number of methoxy groups -OCH3 is 1. The number of hydrogen-bond acceptors (Lipinski definition) is 3. The highest BCUT2D eigenvalue weighted by Crippen LogP contribution is 2.16. The normalized spacial score (nSPS) is 18.7. The molecule has 0 saturated carbocycles. The van der Waals surface area contributed by atoms with E-state index >= 15 is 0 Å². The standard InChI is InChI=1S/C14H16N2O2/c1-18-13-7-9-16(10-13)14(17)12-4-2-11(3-5-12)6-8-15/h2-5,13H,6-7,9-10H2,1H3/t13-/m0/s1. The Bertz CT molecular complexity index is 462. The fraction of sp³-hybridized carbons (Fsp3) is 0.429. The molecule has 1 aliphatic rings. The number of nitrogens with zero attached hydrogens (tertiary/aromatic N) is 2. The third kappa shape index (κ3) is 2.69. The minimum Gasteiger partial charge on any atom is -0.380 e. The highest BCUT2D eigenvalue weighted by molar-refractivity contribution is 5.94. The first-order chi connectivity index (χ1) is 8.74. The number of nitriles is 1. The first-order valence-corrected chi connectivity index (χ1v) is 6.02. The molecule has 0 radical (unpaired) electrons. The van der Waals surface area contributed by atoms with Crippen molar-refractivity contribution in [3.8, 4) is 6.07 Å². The van der Waals surface area contributed by atoms with Gasteiger partial charge in [-0.05, 0) is 24.1 Å². The largest absolute Gasteiger partial charge is 0.380 e. The zero-order valence-corrected chi connectivity index (χ0v) is 10.4. The van der Waals surface area contributed by atoms with Crippen LogP contribution in [-0.4, -0.2) is 37.1 Å². The van der Waals surface area contributed by atoms with Crippen LogP contribution < -0.4 is 0 Å². The van der Waals surface area contributed by atoms with Crippen molar-refractivity contribution in [2.24, 2.45) is 0 Å². The SMILES string of the molecule is CO[C@H]1CCN(C(=O)c2ccc(CC#N)cc2)C1. The van der Waals surface area contributed by atoms with E-state index in [2.05, 4.69) is 6.07 Å². The van der Waals surface area contributed by atoms with Gasteiger partial charge in [0.15, 0.2) is 0 Å². The van der Waals surface area contributed by atoms with Gasteiger partial charge in [-0.3, -0.25) is 4.79 Å². The van der Waals surface area contributed by atoms with Gasteiger partial charge >= 0.3 is 0 Å². The van der Waals surface area contributed by atoms with E-state index in [0.717, 1.165) is 18.5 Å². The van der Waals surface area contributed by atoms with E-state index in [1.165, 1.54) is 0 Å². The summed E-state index contributed by atoms with van der Waals surface area (Å²) in [6.07, 6.45) is 1.44. The lowest BCUT2D eigenvalue weighted by molar-refractivity contribution is 0.0724. The van der Waals surface area contributed by atoms with Crippen molar-refractivity contribution in [1.29, 1.82) is 5.26 Å². The Labute approximate surface area is 107 Å². The summed E-state index contributed by atoms with van der Waals surface area (Å²) in [5.41, 5.74) is 1.61. The maximum Gasteiger partial charge on any atom is 0.253 e. The highest BCUT2D eigenvalue weighted by Gasteiger charge is 2.26. The van der Waals surface area contributed by atoms with Crippen molar-refractivity contribution >= 4 is 5.91 Å². The number of amides is 1. The van der Waals surface area contributed by atoms with Crippen LogP contribution >= 0.6 is 0 Å². The van der Waals surface area contributed by atoms with Gasteiger partial charge in [0.1, 0.15) is 0 Å². The van der Waals surface area contributed by atoms with E-state index in [9.17, 15) is 4.79 Å². The van der Waals surface area contributed by atoms with Gasteiger partial charge in [-0.1, -0.05) is 12.1 Å². The van der Waals surface area contributed by atoms with Crippen LogP contribution in [-0.2, 0) is 11.2 Å². The van der Waals surface area contributed by atoms with Crippen LogP contribution in [0.4, 0.5) is 0 Å². The van der Waals surface area contributed by atoms with Crippen LogP contribution in [0, 0.1) is 11.3 Å². The topological polar surface area (TPSA) is 53.3 Å². The Balaban J connectivity index is 2.03. The van der Waals surface area contributed by atoms with Crippen LogP contribution in [0.25, 0.3) is 0 Å². The number of benzene rings is 1. The second kappa shape index (κ2) is 5.65. The van der Waals surface area contributed by atoms with E-state index in [4.69, 9.17) is 10.00 Å². The molecule has 0 bridgehead atoms. The molecule has 4 heteroatoms. The van der Waals surface area contributed by atoms with Crippen molar-refractivity contribution in [3.05, 3.63) is 35.4 Å². The lowest BCUT2D eigenvalue weighted by Gasteiger charge is -2.16. The van der Waals surface area contributed by atoms with Gasteiger partial charge in [0.05, 0.1) is 18.6 Å². The third-order valence-corrected chi connectivity index (χ3v) is 3.25. The van der Waals surface area contributed by atoms with Gasteiger partial charge in [-0.25, -0.2) is 0 Å². The van der Waals surface area contributed by atoms with Gasteiger partial charge in [-0.15, -0.1) is 0 Å². The molecular weight excluding hydrogens is 228 g/mol. The Hall–Kier alpha value is -1.86. The molecule has 0 aliphatic carbocycles. The molecule has 1 fully saturated rings. The lowest BCUT2D eigenvalue weighted by atomic mass is 10.1. The summed E-state index contributed by atoms with van der Waals surface area (Å²) < 4.78 is 5.25. The van der Waals surface area contributed by atoms with Crippen LogP contribution in [0.5, 0.6) is 0 Å². The number of likely N-dealkylation sites (tertiary alicyclic amines) is 1. The minimum absolute atomic E-state index is 0.0399. The Kier molecular flexibility index (Phi) is 3.96. The molecule has 94 valence electrons. The minimum atomic E-state index is 0.0399. The van der Waals surface area contributed by atoms with Gasteiger partial charge in [0.2, 0.25) is 0 Å². The highest BCUT2D eigenvalue weighted by atomic mass is 16.5. The molecule has 18 heavy (non-hydrogen) atoms. The molecule has 1 aromatic carbocycles. The molecule has 4 nitrogen and oxygen atoms in total. The summed E-state index contributed by atoms with van der Waals surface area (Å²) in [5, 5.41) is 8.59. The van der Waals surface area contributed by atoms with Crippen LogP contribution in [0.2, 0.25) is 0 Å². The summed E-state index contributed by atoms with van der Waals surface area (Å²) in [6, 6.07) is 9.33. The predicted molar refractivity (Wildman–Crippen MR) is 67.1 cm³/mol. The fourth-order valence-corrected chi connectivity index (χ4v) is 2.14. The van der Waals surface area contributed by atoms with Crippen molar-refractivity contribution in [2.75, 3.05) is 20.2 Å². The Morgan fingerprint density at radius 1 is 1.50 bits per heavy atom. The maximum atomic E-state index is 12.2. The van der Waals surface area contributed by atoms with Crippen molar-refractivity contribution in [2.45, 2.75) is 18.9 Å². The molecule has 0 N–H and O–H groups in total. The van der Waals surface area contributed by atoms with E-state index in [0.29, 0.717) is 18.5 Å². The molecule has 1 aromatic rings. The molecule has 2 rings (SSSR count). The predicted octanol–water partition coefficient (Wildman–Crippen LogP) is 1.61. The van der Waals surface area contributed by atoms with Crippen molar-refractivity contribution < 1.29 is 9.53 Å². The van der Waals surface area contributed by atoms with E-state index in [1.54, 1.807) is 19.2 Å². The number of hydrogen-bond donors (Lipinski definition) is 0. The fourth-order valence-electron chi connectivity index (χ4n) is 2.14. The first-order valence-electron chi connectivity index (χ1n) is 6.02. The van der Waals surface area contributed by atoms with Crippen LogP contribution in [0.3, 0.4) is 0 Å². The van der Waals surface area contributed by atoms with E-state index in [-0.39, 0.29) is 12.0 Å².